The average molecular weight is 395 g/mol. The van der Waals surface area contributed by atoms with Crippen LogP contribution in [-0.4, -0.2) is 21.3 Å². The van der Waals surface area contributed by atoms with Crippen LogP contribution in [0, 0.1) is 11.3 Å². The molecule has 0 bridgehead atoms. The average Bonchev–Trinajstić information content (AvgIpc) is 3.06. The van der Waals surface area contributed by atoms with Crippen LogP contribution in [0.25, 0.3) is 10.2 Å². The molecule has 0 radical (unpaired) electrons. The Balaban J connectivity index is 1.64. The van der Waals surface area contributed by atoms with Crippen molar-refractivity contribution in [2.45, 2.75) is 46.5 Å². The van der Waals surface area contributed by atoms with Crippen molar-refractivity contribution in [3.8, 4) is 5.75 Å². The van der Waals surface area contributed by atoms with E-state index in [9.17, 15) is 5.11 Å². The molecule has 1 aliphatic carbocycles. The lowest BCUT2D eigenvalue weighted by molar-refractivity contribution is 0.184. The smallest absolute Gasteiger partial charge is 0.158 e. The second kappa shape index (κ2) is 7.51. The molecular formula is C22H26N4OS. The zero-order valence-electron chi connectivity index (χ0n) is 16.6. The van der Waals surface area contributed by atoms with E-state index < -0.39 is 0 Å². The Labute approximate surface area is 169 Å². The van der Waals surface area contributed by atoms with Crippen LogP contribution in [0.15, 0.2) is 35.7 Å². The molecule has 4 rings (SSSR count). The number of rotatable bonds is 5. The number of hydrazone groups is 1. The van der Waals surface area contributed by atoms with Crippen LogP contribution in [0.4, 0.5) is 5.82 Å². The highest BCUT2D eigenvalue weighted by Gasteiger charge is 2.33. The van der Waals surface area contributed by atoms with Crippen LogP contribution in [0.3, 0.4) is 0 Å². The van der Waals surface area contributed by atoms with Crippen LogP contribution in [0.2, 0.25) is 0 Å². The van der Waals surface area contributed by atoms with Gasteiger partial charge in [0.15, 0.2) is 5.82 Å². The Morgan fingerprint density at radius 1 is 1.36 bits per heavy atom. The van der Waals surface area contributed by atoms with Gasteiger partial charge in [0.2, 0.25) is 0 Å². The number of benzene rings is 1. The number of thiophene rings is 1. The molecule has 5 nitrogen and oxygen atoms in total. The minimum absolute atomic E-state index is 0.227. The third-order valence-corrected chi connectivity index (χ3v) is 7.31. The fourth-order valence-corrected chi connectivity index (χ4v) is 5.11. The third-order valence-electron chi connectivity index (χ3n) is 6.11. The van der Waals surface area contributed by atoms with Gasteiger partial charge in [-0.1, -0.05) is 39.3 Å². The summed E-state index contributed by atoms with van der Waals surface area (Å²) in [6.07, 6.45) is 7.92. The van der Waals surface area contributed by atoms with Gasteiger partial charge in [0, 0.05) is 4.88 Å². The summed E-state index contributed by atoms with van der Waals surface area (Å²) in [5, 5.41) is 15.0. The monoisotopic (exact) mass is 394 g/mol. The lowest BCUT2D eigenvalue weighted by atomic mass is 9.69. The molecule has 0 saturated carbocycles. The molecule has 1 aromatic carbocycles. The summed E-state index contributed by atoms with van der Waals surface area (Å²) in [4.78, 5) is 11.5. The number of nitrogens with one attached hydrogen (secondary N) is 1. The molecule has 2 aromatic heterocycles. The summed E-state index contributed by atoms with van der Waals surface area (Å²) in [6.45, 7) is 7.05. The Morgan fingerprint density at radius 2 is 2.21 bits per heavy atom. The normalized spacial score (nSPS) is 17.2. The number of phenols is 1. The fourth-order valence-electron chi connectivity index (χ4n) is 3.92. The Hall–Kier alpha value is -2.47. The fraction of sp³-hybridized carbons (Fsp3) is 0.409. The van der Waals surface area contributed by atoms with Gasteiger partial charge in [-0.05, 0) is 53.9 Å². The number of hydrogen-bond donors (Lipinski definition) is 2. The van der Waals surface area contributed by atoms with E-state index in [-0.39, 0.29) is 5.75 Å². The van der Waals surface area contributed by atoms with Crippen molar-refractivity contribution in [3.63, 3.8) is 0 Å². The van der Waals surface area contributed by atoms with Gasteiger partial charge < -0.3 is 5.11 Å². The number of anilines is 1. The Bertz CT molecular complexity index is 1020. The lowest BCUT2D eigenvalue weighted by Gasteiger charge is -2.36. The molecule has 2 N–H and O–H groups in total. The Kier molecular flexibility index (Phi) is 5.06. The van der Waals surface area contributed by atoms with Crippen molar-refractivity contribution in [1.29, 1.82) is 0 Å². The molecule has 0 amide bonds. The van der Waals surface area contributed by atoms with E-state index in [2.05, 4.69) is 41.3 Å². The second-order valence-corrected chi connectivity index (χ2v) is 9.24. The molecule has 1 unspecified atom stereocenters. The minimum atomic E-state index is 0.227. The molecule has 0 aliphatic heterocycles. The maximum absolute atomic E-state index is 9.58. The first-order valence-electron chi connectivity index (χ1n) is 9.81. The molecule has 6 heteroatoms. The third kappa shape index (κ3) is 3.61. The van der Waals surface area contributed by atoms with E-state index in [0.717, 1.165) is 34.4 Å². The van der Waals surface area contributed by atoms with Crippen molar-refractivity contribution in [2.24, 2.45) is 16.4 Å². The van der Waals surface area contributed by atoms with Gasteiger partial charge >= 0.3 is 0 Å². The molecule has 0 spiro atoms. The maximum Gasteiger partial charge on any atom is 0.158 e. The van der Waals surface area contributed by atoms with E-state index in [4.69, 9.17) is 0 Å². The van der Waals surface area contributed by atoms with Crippen molar-refractivity contribution >= 4 is 33.6 Å². The predicted molar refractivity (Wildman–Crippen MR) is 116 cm³/mol. The van der Waals surface area contributed by atoms with Gasteiger partial charge in [0.05, 0.1) is 11.6 Å². The van der Waals surface area contributed by atoms with Gasteiger partial charge in [0.1, 0.15) is 16.9 Å². The maximum atomic E-state index is 9.58. The van der Waals surface area contributed by atoms with Gasteiger partial charge in [-0.2, -0.15) is 5.10 Å². The number of aryl methyl sites for hydroxylation is 1. The first-order chi connectivity index (χ1) is 13.5. The minimum Gasteiger partial charge on any atom is -0.508 e. The summed E-state index contributed by atoms with van der Waals surface area (Å²) in [6, 6.07) is 7.00. The van der Waals surface area contributed by atoms with Gasteiger partial charge in [0.25, 0.3) is 0 Å². The molecule has 0 saturated heterocycles. The summed E-state index contributed by atoms with van der Waals surface area (Å²) < 4.78 is 0. The first kappa shape index (κ1) is 18.9. The second-order valence-electron chi connectivity index (χ2n) is 8.15. The molecule has 1 atom stereocenters. The van der Waals surface area contributed by atoms with Gasteiger partial charge in [-0.3, -0.25) is 5.43 Å². The molecule has 146 valence electrons. The number of fused-ring (bicyclic) bond motifs is 3. The number of aromatic nitrogens is 2. The van der Waals surface area contributed by atoms with E-state index in [0.29, 0.717) is 11.3 Å². The molecule has 28 heavy (non-hydrogen) atoms. The van der Waals surface area contributed by atoms with Crippen LogP contribution < -0.4 is 5.43 Å². The molecular weight excluding hydrogens is 368 g/mol. The quantitative estimate of drug-likeness (QED) is 0.450. The standard InChI is InChI=1S/C22H26N4OS/c1-4-22(2,3)15-8-9-18-17(11-15)19-20(23-13-24-21(19)28-18)26-25-12-14-6-5-7-16(27)10-14/h5-7,10,12-13,15,27H,4,8-9,11H2,1-3H3,(H,23,24,26)/b25-12+. The summed E-state index contributed by atoms with van der Waals surface area (Å²) in [5.74, 6) is 1.66. The van der Waals surface area contributed by atoms with Crippen molar-refractivity contribution in [1.82, 2.24) is 9.97 Å². The SMILES string of the molecule is CCC(C)(C)C1CCc2sc3ncnc(N/N=C/c4cccc(O)c4)c3c2C1. The molecule has 2 heterocycles. The van der Waals surface area contributed by atoms with E-state index >= 15 is 0 Å². The number of aromatic hydroxyl groups is 1. The molecule has 1 aliphatic rings. The summed E-state index contributed by atoms with van der Waals surface area (Å²) >= 11 is 1.79. The highest BCUT2D eigenvalue weighted by atomic mass is 32.1. The largest absolute Gasteiger partial charge is 0.508 e. The van der Waals surface area contributed by atoms with Crippen LogP contribution >= 0.6 is 11.3 Å². The van der Waals surface area contributed by atoms with Gasteiger partial charge in [-0.15, -0.1) is 11.3 Å². The molecule has 0 fully saturated rings. The summed E-state index contributed by atoms with van der Waals surface area (Å²) in [5.41, 5.74) is 5.66. The Morgan fingerprint density at radius 3 is 3.00 bits per heavy atom. The van der Waals surface area contributed by atoms with Crippen molar-refractivity contribution < 1.29 is 5.11 Å². The van der Waals surface area contributed by atoms with Crippen molar-refractivity contribution in [2.75, 3.05) is 5.43 Å². The van der Waals surface area contributed by atoms with E-state index in [1.165, 1.54) is 23.3 Å². The van der Waals surface area contributed by atoms with Gasteiger partial charge in [-0.25, -0.2) is 9.97 Å². The van der Waals surface area contributed by atoms with Crippen LogP contribution in [-0.2, 0) is 12.8 Å². The van der Waals surface area contributed by atoms with E-state index in [1.54, 1.807) is 42.1 Å². The summed E-state index contributed by atoms with van der Waals surface area (Å²) in [7, 11) is 0. The zero-order chi connectivity index (χ0) is 19.7. The number of hydrogen-bond acceptors (Lipinski definition) is 6. The topological polar surface area (TPSA) is 70.4 Å². The zero-order valence-corrected chi connectivity index (χ0v) is 17.4. The van der Waals surface area contributed by atoms with Crippen molar-refractivity contribution in [3.05, 3.63) is 46.6 Å². The van der Waals surface area contributed by atoms with Crippen LogP contribution in [0.5, 0.6) is 5.75 Å². The number of phenolic OH excluding ortho intramolecular Hbond substituents is 1. The highest BCUT2D eigenvalue weighted by molar-refractivity contribution is 7.19. The first-order valence-corrected chi connectivity index (χ1v) is 10.6. The molecule has 3 aromatic rings. The van der Waals surface area contributed by atoms with Crippen LogP contribution in [0.1, 0.15) is 49.6 Å². The lowest BCUT2D eigenvalue weighted by Crippen LogP contribution is -2.28. The number of nitrogens with zero attached hydrogens (tertiary/aromatic N) is 3. The van der Waals surface area contributed by atoms with E-state index in [1.807, 2.05) is 6.07 Å². The predicted octanol–water partition coefficient (Wildman–Crippen LogP) is 5.38. The highest BCUT2D eigenvalue weighted by Crippen LogP contribution is 2.45.